The molecule has 2 aliphatic heterocycles. The van der Waals surface area contributed by atoms with Gasteiger partial charge in [-0.3, -0.25) is 14.5 Å². The Morgan fingerprint density at radius 2 is 1.96 bits per heavy atom. The Morgan fingerprint density at radius 1 is 1.33 bits per heavy atom. The Morgan fingerprint density at radius 3 is 2.50 bits per heavy atom. The van der Waals surface area contributed by atoms with Crippen molar-refractivity contribution in [2.75, 3.05) is 20.8 Å². The number of rotatable bonds is 3. The highest BCUT2D eigenvalue weighted by Gasteiger charge is 2.72. The highest BCUT2D eigenvalue weighted by Crippen LogP contribution is 2.43. The lowest BCUT2D eigenvalue weighted by atomic mass is 9.79. The molecular formula is C16H18ClN2O5+. The van der Waals surface area contributed by atoms with E-state index in [9.17, 15) is 19.5 Å². The molecule has 0 saturated carbocycles. The van der Waals surface area contributed by atoms with Crippen molar-refractivity contribution in [3.8, 4) is 0 Å². The lowest BCUT2D eigenvalue weighted by molar-refractivity contribution is -0.735. The third-order valence-electron chi connectivity index (χ3n) is 5.07. The quantitative estimate of drug-likeness (QED) is 0.541. The lowest BCUT2D eigenvalue weighted by Crippen LogP contribution is -2.99. The summed E-state index contributed by atoms with van der Waals surface area (Å²) in [7, 11) is 2.59. The number of hydrogen-bond donors (Lipinski definition) is 2. The molecule has 24 heavy (non-hydrogen) atoms. The van der Waals surface area contributed by atoms with Gasteiger partial charge in [-0.1, -0.05) is 23.7 Å². The van der Waals surface area contributed by atoms with Gasteiger partial charge in [-0.25, -0.2) is 4.79 Å². The zero-order valence-corrected chi connectivity index (χ0v) is 14.0. The number of imide groups is 1. The first kappa shape index (κ1) is 16.9. The number of aliphatic hydroxyl groups is 1. The van der Waals surface area contributed by atoms with Crippen LogP contribution in [0.25, 0.3) is 0 Å². The topological polar surface area (TPSA) is 101 Å². The zero-order valence-electron chi connectivity index (χ0n) is 13.2. The molecule has 1 aromatic rings. The van der Waals surface area contributed by atoms with Crippen LogP contribution in [0.2, 0.25) is 5.02 Å². The molecule has 2 heterocycles. The highest BCUT2D eigenvalue weighted by atomic mass is 35.5. The fourth-order valence-corrected chi connectivity index (χ4v) is 3.98. The summed E-state index contributed by atoms with van der Waals surface area (Å²) >= 11 is 5.91. The second-order valence-corrected chi connectivity index (χ2v) is 6.61. The van der Waals surface area contributed by atoms with E-state index in [-0.39, 0.29) is 5.91 Å². The summed E-state index contributed by atoms with van der Waals surface area (Å²) in [4.78, 5) is 38.6. The molecule has 0 radical (unpaired) electrons. The first-order chi connectivity index (χ1) is 11.4. The van der Waals surface area contributed by atoms with Gasteiger partial charge in [-0.05, 0) is 12.1 Å². The van der Waals surface area contributed by atoms with Crippen LogP contribution in [0.5, 0.6) is 0 Å². The number of likely N-dealkylation sites (tertiary alicyclic amines) is 1. The summed E-state index contributed by atoms with van der Waals surface area (Å²) in [6.45, 7) is -0.599. The minimum Gasteiger partial charge on any atom is -0.464 e. The highest BCUT2D eigenvalue weighted by molar-refractivity contribution is 6.30. The van der Waals surface area contributed by atoms with Crippen LogP contribution in [-0.2, 0) is 19.1 Å². The molecule has 7 nitrogen and oxygen atoms in total. The van der Waals surface area contributed by atoms with Crippen molar-refractivity contribution >= 4 is 29.4 Å². The number of carbonyl (C=O) groups excluding carboxylic acids is 3. The molecule has 4 atom stereocenters. The number of nitrogens with two attached hydrogens (primary N) is 1. The molecular weight excluding hydrogens is 336 g/mol. The molecule has 0 bridgehead atoms. The first-order valence-corrected chi connectivity index (χ1v) is 7.87. The van der Waals surface area contributed by atoms with Crippen LogP contribution in [-0.4, -0.2) is 54.1 Å². The lowest BCUT2D eigenvalue weighted by Gasteiger charge is -2.26. The van der Waals surface area contributed by atoms with Gasteiger partial charge in [0, 0.05) is 17.6 Å². The van der Waals surface area contributed by atoms with Crippen LogP contribution in [0.4, 0.5) is 0 Å². The van der Waals surface area contributed by atoms with E-state index in [1.54, 1.807) is 29.6 Å². The van der Waals surface area contributed by atoms with Crippen LogP contribution in [0.15, 0.2) is 24.3 Å². The Labute approximate surface area is 143 Å². The number of ether oxygens (including phenoxy) is 1. The van der Waals surface area contributed by atoms with Crippen molar-refractivity contribution in [3.63, 3.8) is 0 Å². The van der Waals surface area contributed by atoms with Crippen LogP contribution >= 0.6 is 11.6 Å². The van der Waals surface area contributed by atoms with Gasteiger partial charge in [0.15, 0.2) is 0 Å². The summed E-state index contributed by atoms with van der Waals surface area (Å²) < 4.78 is 4.83. The molecule has 1 aromatic carbocycles. The third-order valence-corrected chi connectivity index (χ3v) is 5.32. The fourth-order valence-electron chi connectivity index (χ4n) is 3.86. The maximum absolute atomic E-state index is 12.6. The van der Waals surface area contributed by atoms with E-state index in [2.05, 4.69) is 0 Å². The minimum atomic E-state index is -1.53. The summed E-state index contributed by atoms with van der Waals surface area (Å²) in [5.41, 5.74) is -0.772. The van der Waals surface area contributed by atoms with Crippen molar-refractivity contribution in [2.45, 2.75) is 11.6 Å². The van der Waals surface area contributed by atoms with Crippen LogP contribution in [0.3, 0.4) is 0 Å². The van der Waals surface area contributed by atoms with Crippen molar-refractivity contribution in [3.05, 3.63) is 34.9 Å². The van der Waals surface area contributed by atoms with E-state index in [0.29, 0.717) is 5.02 Å². The van der Waals surface area contributed by atoms with E-state index in [0.717, 1.165) is 10.5 Å². The predicted octanol–water partition coefficient (Wildman–Crippen LogP) is -0.907. The molecule has 8 heteroatoms. The van der Waals surface area contributed by atoms with Crippen molar-refractivity contribution in [1.29, 1.82) is 0 Å². The molecule has 2 aliphatic rings. The zero-order chi connectivity index (χ0) is 17.6. The van der Waals surface area contributed by atoms with Gasteiger partial charge in [0.25, 0.3) is 0 Å². The SMILES string of the molecule is COC(=O)[C@]1(CO)[NH2+][C@@H](c2ccc(Cl)cc2)[C@H]2C(=O)N(C)C(=O)[C@@H]21. The van der Waals surface area contributed by atoms with Crippen molar-refractivity contribution in [2.24, 2.45) is 11.8 Å². The second-order valence-electron chi connectivity index (χ2n) is 6.17. The summed E-state index contributed by atoms with van der Waals surface area (Å²) in [6, 6.07) is 6.38. The maximum Gasteiger partial charge on any atom is 0.371 e. The van der Waals surface area contributed by atoms with E-state index in [4.69, 9.17) is 16.3 Å². The van der Waals surface area contributed by atoms with Gasteiger partial charge in [-0.2, -0.15) is 0 Å². The van der Waals surface area contributed by atoms with E-state index >= 15 is 0 Å². The van der Waals surface area contributed by atoms with Crippen LogP contribution in [0, 0.1) is 11.8 Å². The third kappa shape index (κ3) is 2.16. The number of carbonyl (C=O) groups is 3. The monoisotopic (exact) mass is 353 g/mol. The number of methoxy groups -OCH3 is 1. The van der Waals surface area contributed by atoms with Gasteiger partial charge in [0.05, 0.1) is 7.11 Å². The smallest absolute Gasteiger partial charge is 0.371 e. The summed E-state index contributed by atoms with van der Waals surface area (Å²) in [6.07, 6.45) is 0. The molecule has 0 aliphatic carbocycles. The fraction of sp³-hybridized carbons (Fsp3) is 0.438. The van der Waals surface area contributed by atoms with Crippen LogP contribution < -0.4 is 5.32 Å². The number of aliphatic hydroxyl groups excluding tert-OH is 1. The average Bonchev–Trinajstić information content (AvgIpc) is 3.05. The second kappa shape index (κ2) is 5.84. The molecule has 0 spiro atoms. The van der Waals surface area contributed by atoms with Crippen molar-refractivity contribution < 1.29 is 29.5 Å². The predicted molar refractivity (Wildman–Crippen MR) is 82.7 cm³/mol. The number of amides is 2. The minimum absolute atomic E-state index is 0.361. The van der Waals surface area contributed by atoms with Gasteiger partial charge < -0.3 is 15.2 Å². The molecule has 2 saturated heterocycles. The molecule has 2 fully saturated rings. The summed E-state index contributed by atoms with van der Waals surface area (Å²) in [5.74, 6) is -3.26. The van der Waals surface area contributed by atoms with Gasteiger partial charge in [0.2, 0.25) is 17.4 Å². The number of fused-ring (bicyclic) bond motifs is 1. The van der Waals surface area contributed by atoms with E-state index in [1.807, 2.05) is 0 Å². The van der Waals surface area contributed by atoms with E-state index in [1.165, 1.54) is 14.2 Å². The molecule has 3 rings (SSSR count). The van der Waals surface area contributed by atoms with Gasteiger partial charge in [-0.15, -0.1) is 0 Å². The number of halogens is 1. The largest absolute Gasteiger partial charge is 0.464 e. The van der Waals surface area contributed by atoms with Gasteiger partial charge >= 0.3 is 5.97 Å². The number of quaternary nitrogens is 1. The Balaban J connectivity index is 2.12. The molecule has 128 valence electrons. The van der Waals surface area contributed by atoms with Crippen LogP contribution in [0.1, 0.15) is 11.6 Å². The standard InChI is InChI=1S/C16H17ClN2O5/c1-19-13(21)10-11(14(19)22)16(7-20,15(23)24-2)18-12(10)8-3-5-9(17)6-4-8/h3-6,10-12,18,20H,7H2,1-2H3/p+1/t10-,11+,12-,16+/m0/s1. The van der Waals surface area contributed by atoms with E-state index < -0.39 is 41.9 Å². The Bertz CT molecular complexity index is 707. The number of hydrogen-bond acceptors (Lipinski definition) is 5. The molecule has 2 amide bonds. The first-order valence-electron chi connectivity index (χ1n) is 7.49. The summed E-state index contributed by atoms with van der Waals surface area (Å²) in [5, 5.41) is 12.1. The average molecular weight is 354 g/mol. The van der Waals surface area contributed by atoms with Gasteiger partial charge in [0.1, 0.15) is 24.5 Å². The Kier molecular flexibility index (Phi) is 4.11. The normalized spacial score (nSPS) is 32.2. The van der Waals surface area contributed by atoms with Crippen molar-refractivity contribution in [1.82, 2.24) is 4.90 Å². The number of nitrogens with zero attached hydrogens (tertiary/aromatic N) is 1. The number of benzene rings is 1. The number of esters is 1. The molecule has 0 unspecified atom stereocenters. The molecule has 3 N–H and O–H groups in total. The molecule has 0 aromatic heterocycles. The Hall–Kier alpha value is -1.96. The maximum atomic E-state index is 12.6.